The molecule has 0 aliphatic rings. The summed E-state index contributed by atoms with van der Waals surface area (Å²) in [6.07, 6.45) is 0. The quantitative estimate of drug-likeness (QED) is 0.170. The Morgan fingerprint density at radius 2 is 0.982 bits per heavy atom. The zero-order valence-corrected chi connectivity index (χ0v) is 30.6. The standard InChI is InChI=1S/C52H33NOS/c1-2-12-36-31-37(26-25-34(36)11-1)35-27-29-40(30-28-35)53(41-15-7-13-38(32-41)43-19-10-24-50-51(43)47-18-4-6-23-49(47)55-50)42-16-8-14-39(33-42)44-20-9-21-46-45-17-3-5-22-48(45)54-52(44)46/h1-33H. The predicted molar refractivity (Wildman–Crippen MR) is 235 cm³/mol. The van der Waals surface area contributed by atoms with Gasteiger partial charge >= 0.3 is 0 Å². The van der Waals surface area contributed by atoms with Crippen molar-refractivity contribution in [2.45, 2.75) is 0 Å². The fourth-order valence-electron chi connectivity index (χ4n) is 8.23. The lowest BCUT2D eigenvalue weighted by atomic mass is 9.98. The Labute approximate surface area is 322 Å². The topological polar surface area (TPSA) is 16.4 Å². The molecule has 2 heterocycles. The number of fused-ring (bicyclic) bond motifs is 7. The van der Waals surface area contributed by atoms with Gasteiger partial charge in [-0.3, -0.25) is 0 Å². The molecule has 258 valence electrons. The van der Waals surface area contributed by atoms with Gasteiger partial charge in [0.1, 0.15) is 11.2 Å². The van der Waals surface area contributed by atoms with Crippen LogP contribution in [0.15, 0.2) is 205 Å². The van der Waals surface area contributed by atoms with E-state index in [1.54, 1.807) is 0 Å². The van der Waals surface area contributed by atoms with Crippen LogP contribution in [0.5, 0.6) is 0 Å². The number of furan rings is 1. The van der Waals surface area contributed by atoms with Gasteiger partial charge in [-0.2, -0.15) is 0 Å². The lowest BCUT2D eigenvalue weighted by Gasteiger charge is -2.27. The molecule has 3 heteroatoms. The summed E-state index contributed by atoms with van der Waals surface area (Å²) < 4.78 is 9.11. The van der Waals surface area contributed by atoms with E-state index < -0.39 is 0 Å². The highest BCUT2D eigenvalue weighted by Crippen LogP contribution is 2.44. The van der Waals surface area contributed by atoms with Gasteiger partial charge in [-0.05, 0) is 99.3 Å². The van der Waals surface area contributed by atoms with Crippen molar-refractivity contribution in [3.63, 3.8) is 0 Å². The van der Waals surface area contributed by atoms with Crippen molar-refractivity contribution in [2.75, 3.05) is 4.90 Å². The molecule has 55 heavy (non-hydrogen) atoms. The number of benzene rings is 9. The van der Waals surface area contributed by atoms with Crippen molar-refractivity contribution in [3.8, 4) is 33.4 Å². The van der Waals surface area contributed by atoms with Crippen molar-refractivity contribution >= 4 is 81.3 Å². The third-order valence-electron chi connectivity index (χ3n) is 10.8. The molecule has 0 N–H and O–H groups in total. The first-order chi connectivity index (χ1) is 27.2. The number of anilines is 3. The van der Waals surface area contributed by atoms with Crippen LogP contribution >= 0.6 is 11.3 Å². The molecule has 0 amide bonds. The minimum Gasteiger partial charge on any atom is -0.455 e. The van der Waals surface area contributed by atoms with Crippen molar-refractivity contribution < 1.29 is 4.42 Å². The van der Waals surface area contributed by atoms with Gasteiger partial charge in [0.25, 0.3) is 0 Å². The highest BCUT2D eigenvalue weighted by molar-refractivity contribution is 7.25. The first-order valence-electron chi connectivity index (χ1n) is 18.7. The third-order valence-corrected chi connectivity index (χ3v) is 12.0. The summed E-state index contributed by atoms with van der Waals surface area (Å²) in [5.74, 6) is 0. The molecule has 0 fully saturated rings. The molecule has 9 aromatic carbocycles. The van der Waals surface area contributed by atoms with Crippen molar-refractivity contribution in [1.29, 1.82) is 0 Å². The van der Waals surface area contributed by atoms with Gasteiger partial charge < -0.3 is 9.32 Å². The molecule has 0 spiro atoms. The van der Waals surface area contributed by atoms with Gasteiger partial charge in [-0.15, -0.1) is 11.3 Å². The molecule has 11 aromatic rings. The molecular formula is C52H33NOS. The van der Waals surface area contributed by atoms with E-state index in [-0.39, 0.29) is 0 Å². The van der Waals surface area contributed by atoms with E-state index in [9.17, 15) is 0 Å². The number of thiophene rings is 1. The summed E-state index contributed by atoms with van der Waals surface area (Å²) in [5.41, 5.74) is 12.1. The normalized spacial score (nSPS) is 11.6. The van der Waals surface area contributed by atoms with Gasteiger partial charge in [0, 0.05) is 53.6 Å². The van der Waals surface area contributed by atoms with Crippen LogP contribution in [-0.2, 0) is 0 Å². The Morgan fingerprint density at radius 3 is 1.82 bits per heavy atom. The maximum Gasteiger partial charge on any atom is 0.143 e. The average Bonchev–Trinajstić information content (AvgIpc) is 3.83. The first kappa shape index (κ1) is 31.6. The Kier molecular flexibility index (Phi) is 7.39. The lowest BCUT2D eigenvalue weighted by Crippen LogP contribution is -2.10. The largest absolute Gasteiger partial charge is 0.455 e. The fraction of sp³-hybridized carbons (Fsp3) is 0. The van der Waals surface area contributed by atoms with Gasteiger partial charge in [-0.25, -0.2) is 0 Å². The predicted octanol–water partition coefficient (Wildman–Crippen LogP) is 15.6. The minimum absolute atomic E-state index is 0.902. The summed E-state index contributed by atoms with van der Waals surface area (Å²) in [5, 5.41) is 7.37. The second kappa shape index (κ2) is 12.9. The summed E-state index contributed by atoms with van der Waals surface area (Å²) in [7, 11) is 0. The molecule has 0 saturated heterocycles. The summed E-state index contributed by atoms with van der Waals surface area (Å²) >= 11 is 1.86. The van der Waals surface area contributed by atoms with Crippen LogP contribution < -0.4 is 4.90 Å². The van der Waals surface area contributed by atoms with Gasteiger partial charge in [0.15, 0.2) is 0 Å². The molecule has 0 saturated carbocycles. The zero-order chi connectivity index (χ0) is 36.3. The number of nitrogens with zero attached hydrogens (tertiary/aromatic N) is 1. The molecule has 2 nitrogen and oxygen atoms in total. The molecule has 2 aromatic heterocycles. The maximum absolute atomic E-state index is 6.50. The summed E-state index contributed by atoms with van der Waals surface area (Å²) in [6, 6.07) is 72.2. The average molecular weight is 720 g/mol. The molecule has 0 bridgehead atoms. The van der Waals surface area contributed by atoms with Crippen LogP contribution in [0.3, 0.4) is 0 Å². The van der Waals surface area contributed by atoms with Crippen LogP contribution in [0, 0.1) is 0 Å². The van der Waals surface area contributed by atoms with E-state index in [0.717, 1.165) is 50.1 Å². The fourth-order valence-corrected chi connectivity index (χ4v) is 9.37. The molecule has 0 unspecified atom stereocenters. The van der Waals surface area contributed by atoms with Crippen molar-refractivity contribution in [3.05, 3.63) is 200 Å². The lowest BCUT2D eigenvalue weighted by molar-refractivity contribution is 0.670. The second-order valence-corrected chi connectivity index (χ2v) is 15.2. The van der Waals surface area contributed by atoms with Crippen LogP contribution in [-0.4, -0.2) is 0 Å². The minimum atomic E-state index is 0.902. The molecule has 0 aliphatic heterocycles. The van der Waals surface area contributed by atoms with E-state index in [1.807, 2.05) is 23.5 Å². The van der Waals surface area contributed by atoms with Crippen LogP contribution in [0.1, 0.15) is 0 Å². The van der Waals surface area contributed by atoms with Crippen LogP contribution in [0.25, 0.3) is 86.3 Å². The molecule has 11 rings (SSSR count). The molecule has 0 aliphatic carbocycles. The van der Waals surface area contributed by atoms with Gasteiger partial charge in [0.2, 0.25) is 0 Å². The molecule has 0 radical (unpaired) electrons. The highest BCUT2D eigenvalue weighted by Gasteiger charge is 2.18. The summed E-state index contributed by atoms with van der Waals surface area (Å²) in [6.45, 7) is 0. The van der Waals surface area contributed by atoms with E-state index in [0.29, 0.717) is 0 Å². The maximum atomic E-state index is 6.50. The second-order valence-electron chi connectivity index (χ2n) is 14.1. The zero-order valence-electron chi connectivity index (χ0n) is 29.8. The first-order valence-corrected chi connectivity index (χ1v) is 19.5. The van der Waals surface area contributed by atoms with E-state index in [1.165, 1.54) is 53.2 Å². The summed E-state index contributed by atoms with van der Waals surface area (Å²) in [4.78, 5) is 2.38. The Bertz CT molecular complexity index is 3220. The monoisotopic (exact) mass is 719 g/mol. The van der Waals surface area contributed by atoms with Crippen LogP contribution in [0.4, 0.5) is 17.1 Å². The Morgan fingerprint density at radius 1 is 0.364 bits per heavy atom. The van der Waals surface area contributed by atoms with Gasteiger partial charge in [0.05, 0.1) is 0 Å². The van der Waals surface area contributed by atoms with Gasteiger partial charge in [-0.1, -0.05) is 140 Å². The van der Waals surface area contributed by atoms with E-state index in [4.69, 9.17) is 4.42 Å². The van der Waals surface area contributed by atoms with E-state index >= 15 is 0 Å². The Hall–Kier alpha value is -6.94. The van der Waals surface area contributed by atoms with Crippen molar-refractivity contribution in [2.24, 2.45) is 0 Å². The molecular weight excluding hydrogens is 687 g/mol. The van der Waals surface area contributed by atoms with Crippen LogP contribution in [0.2, 0.25) is 0 Å². The number of hydrogen-bond donors (Lipinski definition) is 0. The SMILES string of the molecule is c1cc(-c2cccc3c2oc2ccccc23)cc(N(c2ccc(-c3ccc4ccccc4c3)cc2)c2cccc(-c3cccc4sc5ccccc5c34)c2)c1. The van der Waals surface area contributed by atoms with Crippen molar-refractivity contribution in [1.82, 2.24) is 0 Å². The van der Waals surface area contributed by atoms with E-state index in [2.05, 4.69) is 193 Å². The smallest absolute Gasteiger partial charge is 0.143 e. The Balaban J connectivity index is 1.07. The molecule has 0 atom stereocenters. The number of para-hydroxylation sites is 2. The number of hydrogen-bond acceptors (Lipinski definition) is 3. The number of rotatable bonds is 6. The highest BCUT2D eigenvalue weighted by atomic mass is 32.1. The third kappa shape index (κ3) is 5.40.